The van der Waals surface area contributed by atoms with Gasteiger partial charge >= 0.3 is 0 Å². The number of amidine groups is 1. The van der Waals surface area contributed by atoms with Gasteiger partial charge in [-0.3, -0.25) is 9.98 Å². The molecule has 0 amide bonds. The summed E-state index contributed by atoms with van der Waals surface area (Å²) >= 11 is 6.47. The first-order chi connectivity index (χ1) is 13.8. The van der Waals surface area contributed by atoms with Crippen molar-refractivity contribution in [2.75, 3.05) is 23.3 Å². The molecule has 2 aliphatic rings. The zero-order valence-electron chi connectivity index (χ0n) is 15.0. The van der Waals surface area contributed by atoms with Crippen LogP contribution in [0.3, 0.4) is 0 Å². The van der Waals surface area contributed by atoms with Crippen molar-refractivity contribution in [3.8, 4) is 0 Å². The van der Waals surface area contributed by atoms with Crippen molar-refractivity contribution >= 4 is 46.5 Å². The smallest absolute Gasteiger partial charge is 0.229 e. The Morgan fingerprint density at radius 2 is 1.93 bits per heavy atom. The third-order valence-electron chi connectivity index (χ3n) is 4.75. The third-order valence-corrected chi connectivity index (χ3v) is 5.08. The highest BCUT2D eigenvalue weighted by atomic mass is 35.5. The van der Waals surface area contributed by atoms with Gasteiger partial charge in [-0.05, 0) is 30.7 Å². The molecule has 28 heavy (non-hydrogen) atoms. The van der Waals surface area contributed by atoms with E-state index >= 15 is 0 Å². The van der Waals surface area contributed by atoms with E-state index in [9.17, 15) is 0 Å². The quantitative estimate of drug-likeness (QED) is 0.718. The van der Waals surface area contributed by atoms with Gasteiger partial charge in [0.15, 0.2) is 0 Å². The summed E-state index contributed by atoms with van der Waals surface area (Å²) in [5, 5.41) is 3.94. The van der Waals surface area contributed by atoms with Crippen molar-refractivity contribution in [1.29, 1.82) is 0 Å². The number of hydrogen-bond donors (Lipinski definition) is 1. The molecule has 7 heteroatoms. The molecule has 2 aromatic heterocycles. The Hall–Kier alpha value is -3.25. The van der Waals surface area contributed by atoms with Crippen LogP contribution in [0.5, 0.6) is 0 Å². The Morgan fingerprint density at radius 3 is 2.79 bits per heavy atom. The van der Waals surface area contributed by atoms with Crippen molar-refractivity contribution in [1.82, 2.24) is 15.0 Å². The summed E-state index contributed by atoms with van der Waals surface area (Å²) in [6.45, 7) is 1.66. The van der Waals surface area contributed by atoms with Crippen molar-refractivity contribution < 1.29 is 0 Å². The minimum absolute atomic E-state index is 0.546. The molecule has 0 saturated carbocycles. The lowest BCUT2D eigenvalue weighted by Gasteiger charge is -2.34. The number of halogens is 1. The number of hydrogen-bond acceptors (Lipinski definition) is 6. The second kappa shape index (κ2) is 7.05. The van der Waals surface area contributed by atoms with Gasteiger partial charge in [0.2, 0.25) is 5.95 Å². The number of anilines is 3. The van der Waals surface area contributed by atoms with Crippen LogP contribution in [-0.4, -0.2) is 33.9 Å². The molecule has 0 aliphatic carbocycles. The lowest BCUT2D eigenvalue weighted by molar-refractivity contribution is 0.784. The van der Waals surface area contributed by atoms with Crippen LogP contribution in [0, 0.1) is 0 Å². The highest BCUT2D eigenvalue weighted by Crippen LogP contribution is 2.37. The maximum Gasteiger partial charge on any atom is 0.229 e. The number of nitrogens with one attached hydrogen (secondary N) is 1. The molecule has 0 atom stereocenters. The number of benzene rings is 1. The molecule has 5 rings (SSSR count). The minimum atomic E-state index is 0.546. The molecule has 1 aromatic carbocycles. The average molecular weight is 389 g/mol. The van der Waals surface area contributed by atoms with Gasteiger partial charge in [-0.2, -0.15) is 4.98 Å². The van der Waals surface area contributed by atoms with Crippen LogP contribution >= 0.6 is 11.6 Å². The van der Waals surface area contributed by atoms with Gasteiger partial charge in [-0.1, -0.05) is 29.8 Å². The van der Waals surface area contributed by atoms with E-state index in [1.54, 1.807) is 12.4 Å². The third kappa shape index (κ3) is 3.01. The van der Waals surface area contributed by atoms with Crippen LogP contribution in [-0.2, 0) is 0 Å². The summed E-state index contributed by atoms with van der Waals surface area (Å²) in [6.07, 6.45) is 8.36. The molecule has 0 fully saturated rings. The maximum absolute atomic E-state index is 6.47. The number of aliphatic imine (C=N–C) groups is 1. The fourth-order valence-electron chi connectivity index (χ4n) is 3.46. The second-order valence-electron chi connectivity index (χ2n) is 6.58. The molecule has 2 aliphatic heterocycles. The monoisotopic (exact) mass is 388 g/mol. The van der Waals surface area contributed by atoms with E-state index < -0.39 is 0 Å². The molecule has 4 heterocycles. The molecule has 6 nitrogen and oxygen atoms in total. The van der Waals surface area contributed by atoms with Crippen molar-refractivity contribution in [3.05, 3.63) is 71.1 Å². The Labute approximate surface area is 167 Å². The van der Waals surface area contributed by atoms with E-state index in [0.29, 0.717) is 11.0 Å². The Kier molecular flexibility index (Phi) is 4.25. The molecular formula is C21H17ClN6. The van der Waals surface area contributed by atoms with E-state index in [-0.39, 0.29) is 0 Å². The molecule has 0 radical (unpaired) electrons. The highest BCUT2D eigenvalue weighted by Gasteiger charge is 2.30. The summed E-state index contributed by atoms with van der Waals surface area (Å²) in [7, 11) is 0. The van der Waals surface area contributed by atoms with Gasteiger partial charge in [-0.25, -0.2) is 4.98 Å². The van der Waals surface area contributed by atoms with Gasteiger partial charge < -0.3 is 10.2 Å². The zero-order valence-corrected chi connectivity index (χ0v) is 15.8. The van der Waals surface area contributed by atoms with Gasteiger partial charge in [0.05, 0.1) is 0 Å². The molecule has 0 unspecified atom stereocenters. The number of rotatable bonds is 3. The largest absolute Gasteiger partial charge is 0.324 e. The molecule has 138 valence electrons. The lowest BCUT2D eigenvalue weighted by Crippen LogP contribution is -2.39. The van der Waals surface area contributed by atoms with Crippen LogP contribution in [0.2, 0.25) is 5.02 Å². The second-order valence-corrected chi connectivity index (χ2v) is 6.99. The van der Waals surface area contributed by atoms with Crippen LogP contribution in [0.15, 0.2) is 60.0 Å². The SMILES string of the molecule is Clc1ccccc1C1=Cc2cnc(Nc3ccncc3)nc2N2CCCN=C12. The predicted octanol–water partition coefficient (Wildman–Crippen LogP) is 4.43. The Bertz CT molecular complexity index is 1090. The zero-order chi connectivity index (χ0) is 18.9. The molecule has 1 N–H and O–H groups in total. The number of pyridine rings is 1. The molecule has 0 bridgehead atoms. The predicted molar refractivity (Wildman–Crippen MR) is 113 cm³/mol. The van der Waals surface area contributed by atoms with E-state index in [1.165, 1.54) is 0 Å². The molecule has 3 aromatic rings. The van der Waals surface area contributed by atoms with Crippen LogP contribution < -0.4 is 10.2 Å². The molecule has 0 saturated heterocycles. The minimum Gasteiger partial charge on any atom is -0.324 e. The van der Waals surface area contributed by atoms with Crippen molar-refractivity contribution in [3.63, 3.8) is 0 Å². The molecular weight excluding hydrogens is 372 g/mol. The summed E-state index contributed by atoms with van der Waals surface area (Å²) in [5.41, 5.74) is 3.83. The fraction of sp³-hybridized carbons (Fsp3) is 0.143. The highest BCUT2D eigenvalue weighted by molar-refractivity contribution is 6.40. The summed E-state index contributed by atoms with van der Waals surface area (Å²) < 4.78 is 0. The standard InChI is InChI=1S/C21H17ClN6/c22-18-5-2-1-4-16(18)17-12-14-13-25-21(26-15-6-9-23-10-7-15)27-19(14)28-11-3-8-24-20(17)28/h1-2,4-7,9-10,12-13H,3,8,11H2,(H,23,25,26,27). The molecule has 0 spiro atoms. The first kappa shape index (κ1) is 16.9. The van der Waals surface area contributed by atoms with E-state index in [2.05, 4.69) is 26.3 Å². The van der Waals surface area contributed by atoms with Gasteiger partial charge in [0, 0.05) is 59.1 Å². The van der Waals surface area contributed by atoms with Gasteiger partial charge in [0.25, 0.3) is 0 Å². The lowest BCUT2D eigenvalue weighted by atomic mass is 9.97. The first-order valence-electron chi connectivity index (χ1n) is 9.13. The van der Waals surface area contributed by atoms with Crippen LogP contribution in [0.25, 0.3) is 11.6 Å². The van der Waals surface area contributed by atoms with Gasteiger partial charge in [0.1, 0.15) is 11.7 Å². The Morgan fingerprint density at radius 1 is 1.07 bits per heavy atom. The summed E-state index contributed by atoms with van der Waals surface area (Å²) in [4.78, 5) is 20.2. The number of nitrogens with zero attached hydrogens (tertiary/aromatic N) is 5. The number of fused-ring (bicyclic) bond motifs is 3. The van der Waals surface area contributed by atoms with Crippen molar-refractivity contribution in [2.45, 2.75) is 6.42 Å². The van der Waals surface area contributed by atoms with Crippen LogP contribution in [0.4, 0.5) is 17.5 Å². The van der Waals surface area contributed by atoms with E-state index in [4.69, 9.17) is 21.6 Å². The first-order valence-corrected chi connectivity index (χ1v) is 9.50. The fourth-order valence-corrected chi connectivity index (χ4v) is 3.70. The summed E-state index contributed by atoms with van der Waals surface area (Å²) in [6, 6.07) is 11.6. The van der Waals surface area contributed by atoms with E-state index in [1.807, 2.05) is 42.6 Å². The van der Waals surface area contributed by atoms with Crippen molar-refractivity contribution in [2.24, 2.45) is 4.99 Å². The normalized spacial score (nSPS) is 15.2. The maximum atomic E-state index is 6.47. The Balaban J connectivity index is 1.60. The average Bonchev–Trinajstić information content (AvgIpc) is 2.75. The summed E-state index contributed by atoms with van der Waals surface area (Å²) in [5.74, 6) is 2.32. The van der Waals surface area contributed by atoms with Crippen LogP contribution in [0.1, 0.15) is 17.5 Å². The van der Waals surface area contributed by atoms with E-state index in [0.717, 1.165) is 53.6 Å². The van der Waals surface area contributed by atoms with Gasteiger partial charge in [-0.15, -0.1) is 0 Å². The number of aromatic nitrogens is 3. The topological polar surface area (TPSA) is 66.3 Å².